The van der Waals surface area contributed by atoms with Crippen LogP contribution in [0, 0.1) is 5.41 Å². The predicted molar refractivity (Wildman–Crippen MR) is 117 cm³/mol. The number of aromatic nitrogens is 2. The minimum Gasteiger partial charge on any atom is -0.375 e. The van der Waals surface area contributed by atoms with E-state index >= 15 is 0 Å². The van der Waals surface area contributed by atoms with Crippen molar-refractivity contribution in [3.63, 3.8) is 0 Å². The molecule has 8 nitrogen and oxygen atoms in total. The molecule has 2 amide bonds. The van der Waals surface area contributed by atoms with E-state index in [2.05, 4.69) is 0 Å². The van der Waals surface area contributed by atoms with Gasteiger partial charge in [0.25, 0.3) is 11.5 Å². The summed E-state index contributed by atoms with van der Waals surface area (Å²) in [4.78, 5) is 46.9. The van der Waals surface area contributed by atoms with Crippen LogP contribution < -0.4 is 5.56 Å². The van der Waals surface area contributed by atoms with E-state index in [-0.39, 0.29) is 29.4 Å². The highest BCUT2D eigenvalue weighted by Crippen LogP contribution is 2.40. The van der Waals surface area contributed by atoms with Crippen LogP contribution in [0.15, 0.2) is 35.1 Å². The largest absolute Gasteiger partial charge is 0.375 e. The molecular weight excluding hydrogens is 408 g/mol. The van der Waals surface area contributed by atoms with Gasteiger partial charge in [-0.05, 0) is 30.4 Å². The van der Waals surface area contributed by atoms with Gasteiger partial charge in [-0.1, -0.05) is 18.2 Å². The van der Waals surface area contributed by atoms with Crippen molar-refractivity contribution >= 4 is 11.8 Å². The lowest BCUT2D eigenvalue weighted by Gasteiger charge is -2.38. The fourth-order valence-corrected chi connectivity index (χ4v) is 5.31. The zero-order valence-electron chi connectivity index (χ0n) is 18.4. The first-order valence-electron chi connectivity index (χ1n) is 11.2. The molecular formula is C24H28N4O4. The summed E-state index contributed by atoms with van der Waals surface area (Å²) >= 11 is 0. The summed E-state index contributed by atoms with van der Waals surface area (Å²) in [5.41, 5.74) is 2.09. The van der Waals surface area contributed by atoms with Crippen molar-refractivity contribution in [2.75, 3.05) is 33.4 Å². The molecule has 32 heavy (non-hydrogen) atoms. The molecule has 2 aromatic rings. The first kappa shape index (κ1) is 20.9. The van der Waals surface area contributed by atoms with Crippen LogP contribution >= 0.6 is 0 Å². The lowest BCUT2D eigenvalue weighted by molar-refractivity contribution is -0.137. The summed E-state index contributed by atoms with van der Waals surface area (Å²) in [5, 5.41) is 0. The molecule has 5 rings (SSSR count). The molecule has 8 heteroatoms. The number of methoxy groups -OCH3 is 1. The first-order valence-corrected chi connectivity index (χ1v) is 11.2. The average molecular weight is 437 g/mol. The van der Waals surface area contributed by atoms with Crippen LogP contribution in [0.5, 0.6) is 0 Å². The molecule has 4 heterocycles. The number of carbonyl (C=O) groups is 2. The number of nitrogens with zero attached hydrogens (tertiary/aromatic N) is 4. The molecule has 0 radical (unpaired) electrons. The number of hydrogen-bond acceptors (Lipinski definition) is 5. The molecule has 168 valence electrons. The Morgan fingerprint density at radius 1 is 1.09 bits per heavy atom. The van der Waals surface area contributed by atoms with Gasteiger partial charge in [0.05, 0.1) is 17.8 Å². The van der Waals surface area contributed by atoms with Crippen molar-refractivity contribution in [2.45, 2.75) is 38.8 Å². The minimum atomic E-state index is -0.0503. The van der Waals surface area contributed by atoms with Crippen LogP contribution in [0.4, 0.5) is 0 Å². The Labute approximate surface area is 186 Å². The number of amides is 2. The number of ether oxygens (including phenoxy) is 1. The maximum absolute atomic E-state index is 13.4. The van der Waals surface area contributed by atoms with E-state index in [0.29, 0.717) is 50.3 Å². The van der Waals surface area contributed by atoms with Crippen LogP contribution in [0.3, 0.4) is 0 Å². The van der Waals surface area contributed by atoms with Crippen LogP contribution in [0.2, 0.25) is 0 Å². The lowest BCUT2D eigenvalue weighted by Crippen LogP contribution is -2.45. The number of fused-ring (bicyclic) bond motifs is 2. The number of carbonyl (C=O) groups excluding carboxylic acids is 2. The fraction of sp³-hybridized carbons (Fsp3) is 0.500. The molecule has 0 aliphatic carbocycles. The van der Waals surface area contributed by atoms with Crippen molar-refractivity contribution in [3.05, 3.63) is 63.3 Å². The molecule has 1 saturated heterocycles. The number of piperidine rings is 1. The number of hydrogen-bond donors (Lipinski definition) is 0. The molecule has 3 aliphatic rings. The molecule has 0 saturated carbocycles. The van der Waals surface area contributed by atoms with Gasteiger partial charge in [-0.25, -0.2) is 4.98 Å². The van der Waals surface area contributed by atoms with Gasteiger partial charge in [0.1, 0.15) is 12.4 Å². The Bertz CT molecular complexity index is 1100. The molecule has 3 aliphatic heterocycles. The average Bonchev–Trinajstić information content (AvgIpc) is 3.17. The fourth-order valence-electron chi connectivity index (χ4n) is 5.31. The van der Waals surface area contributed by atoms with E-state index in [9.17, 15) is 14.4 Å². The van der Waals surface area contributed by atoms with E-state index in [4.69, 9.17) is 9.72 Å². The Morgan fingerprint density at radius 2 is 1.84 bits per heavy atom. The normalized spacial score (nSPS) is 19.0. The first-order chi connectivity index (χ1) is 15.5. The smallest absolute Gasteiger partial charge is 0.258 e. The maximum atomic E-state index is 13.4. The maximum Gasteiger partial charge on any atom is 0.258 e. The number of benzene rings is 1. The third-order valence-corrected chi connectivity index (χ3v) is 7.17. The van der Waals surface area contributed by atoms with Gasteiger partial charge in [0, 0.05) is 51.7 Å². The van der Waals surface area contributed by atoms with E-state index < -0.39 is 0 Å². The van der Waals surface area contributed by atoms with Gasteiger partial charge < -0.3 is 14.5 Å². The molecule has 1 fully saturated rings. The highest BCUT2D eigenvalue weighted by molar-refractivity contribution is 5.94. The number of rotatable bonds is 3. The van der Waals surface area contributed by atoms with E-state index in [1.807, 2.05) is 27.7 Å². The zero-order chi connectivity index (χ0) is 22.3. The second kappa shape index (κ2) is 8.16. The van der Waals surface area contributed by atoms with Crippen LogP contribution in [0.25, 0.3) is 0 Å². The third kappa shape index (κ3) is 3.62. The molecule has 0 bridgehead atoms. The van der Waals surface area contributed by atoms with Gasteiger partial charge in [0.2, 0.25) is 5.91 Å². The van der Waals surface area contributed by atoms with Crippen molar-refractivity contribution in [2.24, 2.45) is 5.41 Å². The third-order valence-electron chi connectivity index (χ3n) is 7.17. The van der Waals surface area contributed by atoms with Gasteiger partial charge in [-0.3, -0.25) is 19.0 Å². The Kier molecular flexibility index (Phi) is 5.33. The summed E-state index contributed by atoms with van der Waals surface area (Å²) in [6.45, 7) is 2.99. The highest BCUT2D eigenvalue weighted by Gasteiger charge is 2.43. The van der Waals surface area contributed by atoms with Crippen molar-refractivity contribution < 1.29 is 14.3 Å². The SMILES string of the molecule is COCC(=O)N1CCC2(CC1)Cc1nc3c(c(=O)n1C2)CN(C(=O)c1ccccc1)CC3. The molecule has 1 aromatic carbocycles. The van der Waals surface area contributed by atoms with Crippen LogP contribution in [-0.4, -0.2) is 64.5 Å². The Hall–Kier alpha value is -3.00. The van der Waals surface area contributed by atoms with E-state index in [1.165, 1.54) is 7.11 Å². The second-order valence-electron chi connectivity index (χ2n) is 9.18. The summed E-state index contributed by atoms with van der Waals surface area (Å²) in [7, 11) is 1.53. The highest BCUT2D eigenvalue weighted by atomic mass is 16.5. The monoisotopic (exact) mass is 436 g/mol. The van der Waals surface area contributed by atoms with Crippen molar-refractivity contribution in [3.8, 4) is 0 Å². The molecule has 0 unspecified atom stereocenters. The van der Waals surface area contributed by atoms with E-state index in [0.717, 1.165) is 30.8 Å². The second-order valence-corrected chi connectivity index (χ2v) is 9.18. The Balaban J connectivity index is 1.34. The molecule has 1 spiro atoms. The molecule has 0 atom stereocenters. The number of likely N-dealkylation sites (tertiary alicyclic amines) is 1. The van der Waals surface area contributed by atoms with Crippen LogP contribution in [0.1, 0.15) is 40.3 Å². The molecule has 1 aromatic heterocycles. The summed E-state index contributed by atoms with van der Waals surface area (Å²) < 4.78 is 6.80. The topological polar surface area (TPSA) is 84.7 Å². The lowest BCUT2D eigenvalue weighted by atomic mass is 9.77. The Morgan fingerprint density at radius 3 is 2.56 bits per heavy atom. The standard InChI is InChI=1S/C24H28N4O4/c1-32-15-21(29)26-11-8-24(9-12-26)13-20-25-19-7-10-27(14-18(19)23(31)28(20)16-24)22(30)17-5-3-2-4-6-17/h2-6H,7-16H2,1H3. The van der Waals surface area contributed by atoms with E-state index in [1.54, 1.807) is 17.0 Å². The minimum absolute atomic E-state index is 0.00896. The predicted octanol–water partition coefficient (Wildman–Crippen LogP) is 1.25. The van der Waals surface area contributed by atoms with Gasteiger partial charge in [-0.2, -0.15) is 0 Å². The van der Waals surface area contributed by atoms with Crippen molar-refractivity contribution in [1.29, 1.82) is 0 Å². The van der Waals surface area contributed by atoms with Gasteiger partial charge in [-0.15, -0.1) is 0 Å². The summed E-state index contributed by atoms with van der Waals surface area (Å²) in [6, 6.07) is 9.19. The van der Waals surface area contributed by atoms with Crippen molar-refractivity contribution in [1.82, 2.24) is 19.4 Å². The molecule has 0 N–H and O–H groups in total. The quantitative estimate of drug-likeness (QED) is 0.723. The summed E-state index contributed by atoms with van der Waals surface area (Å²) in [6.07, 6.45) is 3.08. The zero-order valence-corrected chi connectivity index (χ0v) is 18.4. The van der Waals surface area contributed by atoms with Crippen LogP contribution in [-0.2, 0) is 35.5 Å². The summed E-state index contributed by atoms with van der Waals surface area (Å²) in [5.74, 6) is 0.825. The van der Waals surface area contributed by atoms with Gasteiger partial charge >= 0.3 is 0 Å². The van der Waals surface area contributed by atoms with Gasteiger partial charge in [0.15, 0.2) is 0 Å².